The van der Waals surface area contributed by atoms with Crippen molar-refractivity contribution >= 4 is 17.8 Å². The lowest BCUT2D eigenvalue weighted by Crippen LogP contribution is -2.34. The van der Waals surface area contributed by atoms with E-state index in [2.05, 4.69) is 15.6 Å². The Morgan fingerprint density at radius 2 is 1.62 bits per heavy atom. The van der Waals surface area contributed by atoms with Gasteiger partial charge in [-0.3, -0.25) is 19.2 Å². The van der Waals surface area contributed by atoms with Crippen LogP contribution in [0.5, 0.6) is 0 Å². The number of hydrogen-bond donors (Lipinski definition) is 3. The van der Waals surface area contributed by atoms with Crippen LogP contribution in [0.1, 0.15) is 51.4 Å². The summed E-state index contributed by atoms with van der Waals surface area (Å²) >= 11 is 0. The standard InChI is InChI=1S/C26H25N3O5/c1-2-34-26(33)18-13-20(18)28-25(32)21-14-22(30)19(15-27-21)24(31)29-23(16-9-5-3-6-10-16)17-11-7-4-8-12-17/h3-12,14-15,18,20,23H,2,13H2,1H3,(H,27,30)(H,28,32)(H,29,31)/t18-,20-/m1/s1. The van der Waals surface area contributed by atoms with Gasteiger partial charge < -0.3 is 20.4 Å². The molecular formula is C26H25N3O5. The molecule has 8 heteroatoms. The van der Waals surface area contributed by atoms with E-state index in [0.717, 1.165) is 17.2 Å². The number of pyridine rings is 1. The molecule has 2 atom stereocenters. The third kappa shape index (κ3) is 5.23. The third-order valence-electron chi connectivity index (χ3n) is 5.64. The molecule has 2 amide bonds. The molecule has 1 heterocycles. The molecule has 0 aliphatic heterocycles. The second-order valence-electron chi connectivity index (χ2n) is 8.03. The van der Waals surface area contributed by atoms with Gasteiger partial charge in [-0.05, 0) is 24.5 Å². The Bertz CT molecular complexity index is 1200. The van der Waals surface area contributed by atoms with Crippen LogP contribution in [0, 0.1) is 5.92 Å². The second-order valence-corrected chi connectivity index (χ2v) is 8.03. The van der Waals surface area contributed by atoms with Crippen LogP contribution >= 0.6 is 0 Å². The molecule has 1 aliphatic carbocycles. The molecule has 1 aromatic heterocycles. The highest BCUT2D eigenvalue weighted by Gasteiger charge is 2.45. The van der Waals surface area contributed by atoms with Crippen LogP contribution in [0.25, 0.3) is 0 Å². The summed E-state index contributed by atoms with van der Waals surface area (Å²) < 4.78 is 4.95. The first-order valence-corrected chi connectivity index (χ1v) is 11.1. The van der Waals surface area contributed by atoms with Crippen molar-refractivity contribution in [3.05, 3.63) is 106 Å². The molecule has 8 nitrogen and oxygen atoms in total. The fourth-order valence-electron chi connectivity index (χ4n) is 3.75. The number of hydrogen-bond acceptors (Lipinski definition) is 5. The SMILES string of the molecule is CCOC(=O)[C@@H]1C[C@H]1NC(=O)c1cc(=O)c(C(=O)NC(c2ccccc2)c2ccccc2)c[nH]1. The minimum Gasteiger partial charge on any atom is -0.466 e. The highest BCUT2D eigenvalue weighted by atomic mass is 16.5. The van der Waals surface area contributed by atoms with Gasteiger partial charge in [0.2, 0.25) is 0 Å². The van der Waals surface area contributed by atoms with E-state index in [-0.39, 0.29) is 35.8 Å². The number of aromatic nitrogens is 1. The molecule has 0 bridgehead atoms. The van der Waals surface area contributed by atoms with Gasteiger partial charge in [-0.15, -0.1) is 0 Å². The van der Waals surface area contributed by atoms with Gasteiger partial charge in [0.25, 0.3) is 11.8 Å². The van der Waals surface area contributed by atoms with E-state index >= 15 is 0 Å². The van der Waals surface area contributed by atoms with Crippen molar-refractivity contribution < 1.29 is 19.1 Å². The zero-order chi connectivity index (χ0) is 24.1. The molecule has 34 heavy (non-hydrogen) atoms. The molecule has 0 saturated heterocycles. The fraction of sp³-hybridized carbons (Fsp3) is 0.231. The number of ether oxygens (including phenoxy) is 1. The minimum atomic E-state index is -0.584. The predicted molar refractivity (Wildman–Crippen MR) is 125 cm³/mol. The van der Waals surface area contributed by atoms with Gasteiger partial charge in [-0.25, -0.2) is 0 Å². The van der Waals surface area contributed by atoms with Crippen molar-refractivity contribution in [1.29, 1.82) is 0 Å². The first-order chi connectivity index (χ1) is 16.5. The van der Waals surface area contributed by atoms with Crippen molar-refractivity contribution in [3.8, 4) is 0 Å². The zero-order valence-electron chi connectivity index (χ0n) is 18.6. The molecule has 3 N–H and O–H groups in total. The number of rotatable bonds is 8. The Labute approximate surface area is 196 Å². The Morgan fingerprint density at radius 3 is 2.18 bits per heavy atom. The number of H-pyrrole nitrogens is 1. The highest BCUT2D eigenvalue weighted by Crippen LogP contribution is 2.31. The first kappa shape index (κ1) is 23.0. The first-order valence-electron chi connectivity index (χ1n) is 11.1. The molecule has 2 aromatic carbocycles. The maximum absolute atomic E-state index is 13.0. The van der Waals surface area contributed by atoms with E-state index < -0.39 is 23.3 Å². The molecule has 174 valence electrons. The van der Waals surface area contributed by atoms with Gasteiger partial charge in [-0.1, -0.05) is 60.7 Å². The van der Waals surface area contributed by atoms with E-state index in [0.29, 0.717) is 6.42 Å². The van der Waals surface area contributed by atoms with Crippen molar-refractivity contribution in [1.82, 2.24) is 15.6 Å². The van der Waals surface area contributed by atoms with Crippen LogP contribution in [0.4, 0.5) is 0 Å². The van der Waals surface area contributed by atoms with E-state index in [4.69, 9.17) is 4.74 Å². The molecule has 4 rings (SSSR count). The van der Waals surface area contributed by atoms with Crippen LogP contribution in [0.15, 0.2) is 77.7 Å². The Hall–Kier alpha value is -4.20. The summed E-state index contributed by atoms with van der Waals surface area (Å²) in [4.78, 5) is 52.6. The summed E-state index contributed by atoms with van der Waals surface area (Å²) in [7, 11) is 0. The molecule has 0 spiro atoms. The largest absolute Gasteiger partial charge is 0.466 e. The van der Waals surface area contributed by atoms with Gasteiger partial charge in [-0.2, -0.15) is 0 Å². The summed E-state index contributed by atoms with van der Waals surface area (Å²) in [6, 6.07) is 19.2. The maximum atomic E-state index is 13.0. The van der Waals surface area contributed by atoms with E-state index in [1.54, 1.807) is 6.92 Å². The average Bonchev–Trinajstić information content (AvgIpc) is 3.62. The number of carbonyl (C=O) groups is 3. The van der Waals surface area contributed by atoms with Crippen LogP contribution in [-0.2, 0) is 9.53 Å². The Kier molecular flexibility index (Phi) is 6.87. The number of amides is 2. The molecule has 1 fully saturated rings. The van der Waals surface area contributed by atoms with Crippen molar-refractivity contribution in [2.45, 2.75) is 25.4 Å². The van der Waals surface area contributed by atoms with Gasteiger partial charge in [0.15, 0.2) is 5.43 Å². The smallest absolute Gasteiger partial charge is 0.311 e. The second kappa shape index (κ2) is 10.2. The lowest BCUT2D eigenvalue weighted by Gasteiger charge is -2.20. The van der Waals surface area contributed by atoms with Crippen LogP contribution in [0.3, 0.4) is 0 Å². The molecule has 0 radical (unpaired) electrons. The van der Waals surface area contributed by atoms with Gasteiger partial charge in [0.1, 0.15) is 11.3 Å². The molecule has 3 aromatic rings. The normalized spacial score (nSPS) is 16.5. The number of carbonyl (C=O) groups excluding carboxylic acids is 3. The number of aromatic amines is 1. The van der Waals surface area contributed by atoms with Crippen molar-refractivity contribution in [3.63, 3.8) is 0 Å². The lowest BCUT2D eigenvalue weighted by molar-refractivity contribution is -0.144. The number of benzene rings is 2. The zero-order valence-corrected chi connectivity index (χ0v) is 18.6. The van der Waals surface area contributed by atoms with Gasteiger partial charge in [0.05, 0.1) is 18.6 Å². The van der Waals surface area contributed by atoms with E-state index in [9.17, 15) is 19.2 Å². The number of nitrogens with one attached hydrogen (secondary N) is 3. The molecule has 0 unspecified atom stereocenters. The summed E-state index contributed by atoms with van der Waals surface area (Å²) in [6.07, 6.45) is 1.73. The third-order valence-corrected chi connectivity index (χ3v) is 5.64. The van der Waals surface area contributed by atoms with E-state index in [1.807, 2.05) is 60.7 Å². The summed E-state index contributed by atoms with van der Waals surface area (Å²) in [5.41, 5.74) is 1.06. The highest BCUT2D eigenvalue weighted by molar-refractivity contribution is 5.97. The molecular weight excluding hydrogens is 434 g/mol. The fourth-order valence-corrected chi connectivity index (χ4v) is 3.75. The molecule has 1 saturated carbocycles. The summed E-state index contributed by atoms with van der Waals surface area (Å²) in [6.45, 7) is 2.00. The van der Waals surface area contributed by atoms with Crippen LogP contribution < -0.4 is 16.1 Å². The average molecular weight is 460 g/mol. The van der Waals surface area contributed by atoms with Gasteiger partial charge >= 0.3 is 5.97 Å². The van der Waals surface area contributed by atoms with Crippen molar-refractivity contribution in [2.24, 2.45) is 5.92 Å². The van der Waals surface area contributed by atoms with Crippen molar-refractivity contribution in [2.75, 3.05) is 6.61 Å². The van der Waals surface area contributed by atoms with Crippen LogP contribution in [-0.4, -0.2) is 35.4 Å². The van der Waals surface area contributed by atoms with Crippen LogP contribution in [0.2, 0.25) is 0 Å². The molecule has 1 aliphatic rings. The Morgan fingerprint density at radius 1 is 1.00 bits per heavy atom. The number of esters is 1. The lowest BCUT2D eigenvalue weighted by atomic mass is 9.98. The van der Waals surface area contributed by atoms with Gasteiger partial charge in [0, 0.05) is 18.3 Å². The monoisotopic (exact) mass is 459 g/mol. The quantitative estimate of drug-likeness (QED) is 0.448. The Balaban J connectivity index is 1.47. The summed E-state index contributed by atoms with van der Waals surface area (Å²) in [5.74, 6) is -1.80. The predicted octanol–water partition coefficient (Wildman–Crippen LogP) is 2.58. The van der Waals surface area contributed by atoms with E-state index in [1.165, 1.54) is 6.20 Å². The summed E-state index contributed by atoms with van der Waals surface area (Å²) in [5, 5.41) is 5.62. The maximum Gasteiger partial charge on any atom is 0.311 e. The topological polar surface area (TPSA) is 117 Å². The minimum absolute atomic E-state index is 0.0127.